The number of hydrogen-bond acceptors (Lipinski definition) is 13. The molecule has 13 heteroatoms. The number of hydrogen-bond donors (Lipinski definition) is 5. The molecule has 5 aromatic rings. The lowest BCUT2D eigenvalue weighted by Gasteiger charge is -2.39. The molecular formula is C38H32O13. The first-order chi connectivity index (χ1) is 24.3. The van der Waals surface area contributed by atoms with Crippen LogP contribution in [0.3, 0.4) is 0 Å². The van der Waals surface area contributed by atoms with E-state index in [4.69, 9.17) is 28.1 Å². The molecule has 5 N–H and O–H groups in total. The summed E-state index contributed by atoms with van der Waals surface area (Å²) in [5.41, 5.74) is 0.587. The molecule has 51 heavy (non-hydrogen) atoms. The van der Waals surface area contributed by atoms with Gasteiger partial charge in [-0.05, 0) is 62.4 Å². The predicted octanol–water partition coefficient (Wildman–Crippen LogP) is 6.00. The molecule has 13 nitrogen and oxygen atoms in total. The Kier molecular flexibility index (Phi) is 7.85. The van der Waals surface area contributed by atoms with Gasteiger partial charge in [0.15, 0.2) is 34.5 Å². The maximum absolute atomic E-state index is 13.6. The molecule has 0 bridgehead atoms. The summed E-state index contributed by atoms with van der Waals surface area (Å²) < 4.78 is 34.2. The van der Waals surface area contributed by atoms with Crippen molar-refractivity contribution in [1.29, 1.82) is 0 Å². The molecule has 0 amide bonds. The number of aromatic hydroxyl groups is 5. The number of phenolic OH excluding ortho intramolecular Hbond substituents is 4. The lowest BCUT2D eigenvalue weighted by atomic mass is 9.80. The third kappa shape index (κ3) is 5.62. The highest BCUT2D eigenvalue weighted by atomic mass is 16.5. The van der Waals surface area contributed by atoms with Gasteiger partial charge in [0.05, 0.1) is 31.1 Å². The van der Waals surface area contributed by atoms with Crippen molar-refractivity contribution in [3.8, 4) is 68.8 Å². The van der Waals surface area contributed by atoms with Crippen LogP contribution in [-0.4, -0.2) is 63.8 Å². The van der Waals surface area contributed by atoms with Gasteiger partial charge in [-0.1, -0.05) is 0 Å². The third-order valence-electron chi connectivity index (χ3n) is 8.80. The Morgan fingerprint density at radius 3 is 2.29 bits per heavy atom. The number of ether oxygens (including phenoxy) is 5. The van der Waals surface area contributed by atoms with E-state index in [0.717, 1.165) is 6.07 Å². The second-order valence-corrected chi connectivity index (χ2v) is 12.6. The molecule has 0 aliphatic carbocycles. The van der Waals surface area contributed by atoms with Gasteiger partial charge >= 0.3 is 0 Å². The zero-order chi connectivity index (χ0) is 36.4. The maximum Gasteiger partial charge on any atom is 0.235 e. The molecular weight excluding hydrogens is 664 g/mol. The van der Waals surface area contributed by atoms with Crippen LogP contribution < -0.4 is 29.1 Å². The zero-order valence-electron chi connectivity index (χ0n) is 27.7. The van der Waals surface area contributed by atoms with Gasteiger partial charge in [0.1, 0.15) is 58.2 Å². The van der Waals surface area contributed by atoms with Gasteiger partial charge < -0.3 is 53.6 Å². The summed E-state index contributed by atoms with van der Waals surface area (Å²) in [6, 6.07) is 12.6. The Morgan fingerprint density at radius 2 is 1.57 bits per heavy atom. The molecule has 0 fully saturated rings. The lowest BCUT2D eigenvalue weighted by Crippen LogP contribution is -2.43. The molecule has 0 saturated carbocycles. The fourth-order valence-corrected chi connectivity index (χ4v) is 6.31. The molecule has 2 unspecified atom stereocenters. The van der Waals surface area contributed by atoms with Crippen LogP contribution in [-0.2, 0) is 0 Å². The highest BCUT2D eigenvalue weighted by molar-refractivity contribution is 6.08. The summed E-state index contributed by atoms with van der Waals surface area (Å²) in [4.78, 5) is 25.7. The van der Waals surface area contributed by atoms with E-state index in [1.807, 2.05) is 26.0 Å². The average molecular weight is 697 g/mol. The van der Waals surface area contributed by atoms with Crippen LogP contribution in [0.1, 0.15) is 41.3 Å². The first kappa shape index (κ1) is 33.0. The molecule has 4 heterocycles. The molecule has 3 aliphatic heterocycles. The smallest absolute Gasteiger partial charge is 0.235 e. The molecule has 4 aromatic carbocycles. The third-order valence-corrected chi connectivity index (χ3v) is 8.80. The Morgan fingerprint density at radius 1 is 0.824 bits per heavy atom. The Hall–Kier alpha value is -6.50. The Balaban J connectivity index is 0.000000170. The van der Waals surface area contributed by atoms with E-state index in [1.54, 1.807) is 19.2 Å². The van der Waals surface area contributed by atoms with Crippen molar-refractivity contribution in [2.24, 2.45) is 0 Å². The van der Waals surface area contributed by atoms with Crippen molar-refractivity contribution in [2.45, 2.75) is 31.5 Å². The fraction of sp³-hybridized carbons (Fsp3) is 0.211. The second-order valence-electron chi connectivity index (χ2n) is 12.6. The van der Waals surface area contributed by atoms with Crippen LogP contribution >= 0.6 is 0 Å². The number of fused-ring (bicyclic) bond motifs is 7. The fourth-order valence-electron chi connectivity index (χ4n) is 6.31. The molecule has 0 spiro atoms. The highest BCUT2D eigenvalue weighted by Gasteiger charge is 2.46. The van der Waals surface area contributed by atoms with Crippen molar-refractivity contribution in [3.63, 3.8) is 0 Å². The highest BCUT2D eigenvalue weighted by Crippen LogP contribution is 2.52. The van der Waals surface area contributed by atoms with Gasteiger partial charge in [0.2, 0.25) is 11.2 Å². The Labute approximate surface area is 289 Å². The van der Waals surface area contributed by atoms with E-state index < -0.39 is 34.6 Å². The van der Waals surface area contributed by atoms with E-state index in [-0.39, 0.29) is 57.5 Å². The summed E-state index contributed by atoms with van der Waals surface area (Å²) in [7, 11) is 3.07. The van der Waals surface area contributed by atoms with Crippen molar-refractivity contribution in [3.05, 3.63) is 87.6 Å². The monoisotopic (exact) mass is 696 g/mol. The van der Waals surface area contributed by atoms with Crippen molar-refractivity contribution in [2.75, 3.05) is 20.8 Å². The van der Waals surface area contributed by atoms with Gasteiger partial charge in [0, 0.05) is 29.3 Å². The largest absolute Gasteiger partial charge is 0.508 e. The quantitative estimate of drug-likeness (QED) is 0.138. The van der Waals surface area contributed by atoms with Crippen LogP contribution in [0.4, 0.5) is 0 Å². The van der Waals surface area contributed by atoms with Gasteiger partial charge in [-0.2, -0.15) is 0 Å². The number of carbonyl (C=O) groups excluding carboxylic acids is 1. The van der Waals surface area contributed by atoms with Crippen LogP contribution in [0.5, 0.6) is 57.5 Å². The number of carbonyl (C=O) groups is 1. The summed E-state index contributed by atoms with van der Waals surface area (Å²) >= 11 is 0. The standard InChI is InChI=1S/C23H22O7.C15H10O6/c1-23(2)6-5-11-15(30-23)8-13(24)20-21(25)19-12-7-16(26-3)17(27-4)9-14(12)28-10-18(19)29-22(11)20;16-8-2-3-9-12(6-8)21-15(14(20)13(9)19)7-1-4-10(17)11(18)5-7/h5-9,18-19,24H,10H2,1-4H3;1-6,16-18,20H. The van der Waals surface area contributed by atoms with Crippen LogP contribution in [0.2, 0.25) is 0 Å². The molecule has 0 radical (unpaired) electrons. The number of rotatable bonds is 3. The summed E-state index contributed by atoms with van der Waals surface area (Å²) in [5, 5.41) is 49.0. The Bertz CT molecular complexity index is 2340. The molecule has 2 atom stereocenters. The van der Waals surface area contributed by atoms with Crippen molar-refractivity contribution in [1.82, 2.24) is 0 Å². The number of ketones is 1. The number of phenols is 4. The summed E-state index contributed by atoms with van der Waals surface area (Å²) in [6.45, 7) is 4.02. The first-order valence-electron chi connectivity index (χ1n) is 15.7. The van der Waals surface area contributed by atoms with E-state index in [9.17, 15) is 35.1 Å². The minimum absolute atomic E-state index is 0.0872. The van der Waals surface area contributed by atoms with Crippen molar-refractivity contribution >= 4 is 22.8 Å². The molecule has 1 aromatic heterocycles. The number of methoxy groups -OCH3 is 2. The van der Waals surface area contributed by atoms with Crippen LogP contribution in [0, 0.1) is 0 Å². The van der Waals surface area contributed by atoms with Crippen molar-refractivity contribution < 1.29 is 58.4 Å². The SMILES string of the molecule is COc1cc2c(cc1OC)C1C(=O)c3c(O)cc4c(c3OC1CO2)C=CC(C)(C)O4.O=c1c(O)c(-c2ccc(O)c(O)c2)oc2cc(O)ccc12. The topological polar surface area (TPSA) is 195 Å². The zero-order valence-corrected chi connectivity index (χ0v) is 27.7. The van der Waals surface area contributed by atoms with Crippen LogP contribution in [0.25, 0.3) is 28.4 Å². The molecule has 0 saturated heterocycles. The minimum atomic E-state index is -0.654. The maximum atomic E-state index is 13.6. The van der Waals surface area contributed by atoms with E-state index in [0.29, 0.717) is 39.9 Å². The molecule has 8 rings (SSSR count). The number of benzene rings is 4. The van der Waals surface area contributed by atoms with Crippen LogP contribution in [0.15, 0.2) is 69.9 Å². The second kappa shape index (κ2) is 12.1. The summed E-state index contributed by atoms with van der Waals surface area (Å²) in [6.07, 6.45) is 3.23. The van der Waals surface area contributed by atoms with Gasteiger partial charge in [-0.25, -0.2) is 0 Å². The van der Waals surface area contributed by atoms with E-state index in [1.165, 1.54) is 43.5 Å². The molecule has 3 aliphatic rings. The first-order valence-corrected chi connectivity index (χ1v) is 15.7. The summed E-state index contributed by atoms with van der Waals surface area (Å²) in [5.74, 6) is -0.264. The lowest BCUT2D eigenvalue weighted by molar-refractivity contribution is 0.0547. The minimum Gasteiger partial charge on any atom is -0.508 e. The van der Waals surface area contributed by atoms with E-state index >= 15 is 0 Å². The average Bonchev–Trinajstić information content (AvgIpc) is 3.09. The van der Waals surface area contributed by atoms with Gasteiger partial charge in [-0.3, -0.25) is 9.59 Å². The molecule has 262 valence electrons. The normalized spacial score (nSPS) is 17.6. The number of Topliss-reactive ketones (excluding diaryl/α,β-unsaturated/α-hetero) is 1. The van der Waals surface area contributed by atoms with Gasteiger partial charge in [-0.15, -0.1) is 0 Å². The van der Waals surface area contributed by atoms with E-state index in [2.05, 4.69) is 0 Å². The predicted molar refractivity (Wildman–Crippen MR) is 183 cm³/mol. The van der Waals surface area contributed by atoms with Gasteiger partial charge in [0.25, 0.3) is 0 Å².